The molecule has 2 aromatic carbocycles. The molecule has 1 saturated heterocycles. The Kier molecular flexibility index (Phi) is 5.02. The van der Waals surface area contributed by atoms with E-state index in [2.05, 4.69) is 70.7 Å². The second kappa shape index (κ2) is 7.75. The molecule has 4 nitrogen and oxygen atoms in total. The molecule has 4 rings (SSSR count). The van der Waals surface area contributed by atoms with E-state index >= 15 is 0 Å². The van der Waals surface area contributed by atoms with Crippen molar-refractivity contribution in [2.45, 2.75) is 38.3 Å². The van der Waals surface area contributed by atoms with Crippen molar-refractivity contribution >= 4 is 0 Å². The third-order valence-corrected chi connectivity index (χ3v) is 4.92. The molecule has 0 bridgehead atoms. The highest BCUT2D eigenvalue weighted by Crippen LogP contribution is 2.22. The number of hydrogen-bond donors (Lipinski definition) is 2. The van der Waals surface area contributed by atoms with Crippen LogP contribution in [0.15, 0.2) is 60.9 Å². The zero-order valence-electron chi connectivity index (χ0n) is 15.1. The van der Waals surface area contributed by atoms with Crippen molar-refractivity contribution in [1.82, 2.24) is 15.3 Å². The van der Waals surface area contributed by atoms with E-state index < -0.39 is 0 Å². The highest BCUT2D eigenvalue weighted by Gasteiger charge is 2.23. The van der Waals surface area contributed by atoms with Crippen LogP contribution in [0.1, 0.15) is 24.0 Å². The Morgan fingerprint density at radius 2 is 2.08 bits per heavy atom. The van der Waals surface area contributed by atoms with Crippen molar-refractivity contribution in [3.05, 3.63) is 72.1 Å². The van der Waals surface area contributed by atoms with E-state index in [-0.39, 0.29) is 6.10 Å². The van der Waals surface area contributed by atoms with Gasteiger partial charge in [0.05, 0.1) is 0 Å². The van der Waals surface area contributed by atoms with Crippen LogP contribution in [0.5, 0.6) is 5.75 Å². The van der Waals surface area contributed by atoms with Gasteiger partial charge in [0.2, 0.25) is 0 Å². The van der Waals surface area contributed by atoms with E-state index in [0.717, 1.165) is 42.9 Å². The summed E-state index contributed by atoms with van der Waals surface area (Å²) < 4.78 is 6.23. The van der Waals surface area contributed by atoms with Crippen molar-refractivity contribution in [3.63, 3.8) is 0 Å². The molecule has 0 saturated carbocycles. The summed E-state index contributed by atoms with van der Waals surface area (Å²) in [5.74, 6) is 1.90. The summed E-state index contributed by atoms with van der Waals surface area (Å²) in [6, 6.07) is 17.4. The summed E-state index contributed by atoms with van der Waals surface area (Å²) in [4.78, 5) is 7.53. The average molecular weight is 347 g/mol. The van der Waals surface area contributed by atoms with Gasteiger partial charge in [0.1, 0.15) is 17.7 Å². The Labute approximate surface area is 154 Å². The van der Waals surface area contributed by atoms with Crippen LogP contribution < -0.4 is 10.1 Å². The second-order valence-electron chi connectivity index (χ2n) is 7.07. The Balaban J connectivity index is 1.40. The predicted octanol–water partition coefficient (Wildman–Crippen LogP) is 4.13. The van der Waals surface area contributed by atoms with Crippen molar-refractivity contribution in [2.75, 3.05) is 6.54 Å². The molecule has 2 unspecified atom stereocenters. The van der Waals surface area contributed by atoms with E-state index in [1.807, 2.05) is 6.20 Å². The number of benzene rings is 2. The molecule has 2 N–H and O–H groups in total. The smallest absolute Gasteiger partial charge is 0.137 e. The topological polar surface area (TPSA) is 49.9 Å². The van der Waals surface area contributed by atoms with Crippen LogP contribution in [0.25, 0.3) is 11.4 Å². The van der Waals surface area contributed by atoms with Gasteiger partial charge < -0.3 is 15.0 Å². The number of rotatable bonds is 5. The molecule has 4 heteroatoms. The number of hydrogen-bond acceptors (Lipinski definition) is 3. The van der Waals surface area contributed by atoms with E-state index in [1.165, 1.54) is 11.1 Å². The number of nitrogens with one attached hydrogen (secondary N) is 2. The van der Waals surface area contributed by atoms with Gasteiger partial charge in [0.25, 0.3) is 0 Å². The van der Waals surface area contributed by atoms with Crippen molar-refractivity contribution in [2.24, 2.45) is 0 Å². The van der Waals surface area contributed by atoms with Crippen molar-refractivity contribution < 1.29 is 4.74 Å². The minimum atomic E-state index is 0.274. The summed E-state index contributed by atoms with van der Waals surface area (Å²) in [7, 11) is 0. The first-order valence-corrected chi connectivity index (χ1v) is 9.32. The first-order chi connectivity index (χ1) is 12.8. The largest absolute Gasteiger partial charge is 0.490 e. The summed E-state index contributed by atoms with van der Waals surface area (Å²) >= 11 is 0. The summed E-state index contributed by atoms with van der Waals surface area (Å²) in [6.45, 7) is 3.10. The molecule has 0 spiro atoms. The van der Waals surface area contributed by atoms with Crippen molar-refractivity contribution in [1.29, 1.82) is 0 Å². The highest BCUT2D eigenvalue weighted by molar-refractivity contribution is 5.55. The molecule has 2 heterocycles. The van der Waals surface area contributed by atoms with Crippen molar-refractivity contribution in [3.8, 4) is 17.1 Å². The molecule has 0 aliphatic carbocycles. The highest BCUT2D eigenvalue weighted by atomic mass is 16.5. The van der Waals surface area contributed by atoms with Crippen LogP contribution in [0, 0.1) is 6.92 Å². The molecule has 0 radical (unpaired) electrons. The third-order valence-electron chi connectivity index (χ3n) is 4.92. The van der Waals surface area contributed by atoms with E-state index in [1.54, 1.807) is 6.20 Å². The maximum absolute atomic E-state index is 6.23. The molecule has 0 amide bonds. The fourth-order valence-electron chi connectivity index (χ4n) is 3.66. The maximum atomic E-state index is 6.23. The Morgan fingerprint density at radius 3 is 2.92 bits per heavy atom. The lowest BCUT2D eigenvalue weighted by Gasteiger charge is -2.31. The standard InChI is InChI=1S/C22H25N3O/c1-16-4-2-7-20(12-16)26-21-8-9-23-19(15-21)14-17-5-3-6-18(13-17)22-24-10-11-25-22/h2-7,10-13,19,21,23H,8-9,14-15H2,1H3,(H,24,25). The van der Waals surface area contributed by atoms with Crippen LogP contribution in [0.2, 0.25) is 0 Å². The van der Waals surface area contributed by atoms with Gasteiger partial charge in [-0.25, -0.2) is 4.98 Å². The third kappa shape index (κ3) is 4.14. The molecular formula is C22H25N3O. The average Bonchev–Trinajstić information content (AvgIpc) is 3.17. The summed E-state index contributed by atoms with van der Waals surface area (Å²) in [5.41, 5.74) is 3.70. The van der Waals surface area contributed by atoms with Gasteiger partial charge >= 0.3 is 0 Å². The lowest BCUT2D eigenvalue weighted by atomic mass is 9.95. The number of piperidine rings is 1. The number of ether oxygens (including phenoxy) is 1. The number of aromatic nitrogens is 2. The van der Waals surface area contributed by atoms with E-state index in [9.17, 15) is 0 Å². The minimum Gasteiger partial charge on any atom is -0.490 e. The van der Waals surface area contributed by atoms with Gasteiger partial charge in [0, 0.05) is 24.0 Å². The van der Waals surface area contributed by atoms with Crippen LogP contribution in [-0.4, -0.2) is 28.7 Å². The zero-order valence-corrected chi connectivity index (χ0v) is 15.1. The number of H-pyrrole nitrogens is 1. The van der Waals surface area contributed by atoms with Crippen LogP contribution in [0.4, 0.5) is 0 Å². The number of aryl methyl sites for hydroxylation is 1. The first kappa shape index (κ1) is 16.9. The Hall–Kier alpha value is -2.59. The fraction of sp³-hybridized carbons (Fsp3) is 0.318. The first-order valence-electron chi connectivity index (χ1n) is 9.32. The Morgan fingerprint density at radius 1 is 1.15 bits per heavy atom. The van der Waals surface area contributed by atoms with Crippen LogP contribution in [0.3, 0.4) is 0 Å². The predicted molar refractivity (Wildman–Crippen MR) is 104 cm³/mol. The number of aromatic amines is 1. The monoisotopic (exact) mass is 347 g/mol. The maximum Gasteiger partial charge on any atom is 0.137 e. The van der Waals surface area contributed by atoms with E-state index in [4.69, 9.17) is 4.74 Å². The van der Waals surface area contributed by atoms with Crippen LogP contribution in [-0.2, 0) is 6.42 Å². The summed E-state index contributed by atoms with van der Waals surface area (Å²) in [6.07, 6.45) is 7.00. The van der Waals surface area contributed by atoms with Gasteiger partial charge in [-0.1, -0.05) is 30.3 Å². The molecular weight excluding hydrogens is 322 g/mol. The second-order valence-corrected chi connectivity index (χ2v) is 7.07. The molecule has 3 aromatic rings. The van der Waals surface area contributed by atoms with Gasteiger partial charge in [-0.05, 0) is 62.1 Å². The lowest BCUT2D eigenvalue weighted by Crippen LogP contribution is -2.43. The molecule has 134 valence electrons. The molecule has 1 fully saturated rings. The van der Waals surface area contributed by atoms with E-state index in [0.29, 0.717) is 6.04 Å². The quantitative estimate of drug-likeness (QED) is 0.730. The Bertz CT molecular complexity index is 844. The lowest BCUT2D eigenvalue weighted by molar-refractivity contribution is 0.139. The van der Waals surface area contributed by atoms with Gasteiger partial charge in [-0.2, -0.15) is 0 Å². The SMILES string of the molecule is Cc1cccc(OC2CCNC(Cc3cccc(-c4ncc[nH]4)c3)C2)c1. The molecule has 26 heavy (non-hydrogen) atoms. The molecule has 1 aromatic heterocycles. The van der Waals surface area contributed by atoms with Gasteiger partial charge in [0.15, 0.2) is 0 Å². The molecule has 1 aliphatic rings. The van der Waals surface area contributed by atoms with Gasteiger partial charge in [-0.3, -0.25) is 0 Å². The molecule has 1 aliphatic heterocycles. The van der Waals surface area contributed by atoms with Gasteiger partial charge in [-0.15, -0.1) is 0 Å². The number of imidazole rings is 1. The molecule has 2 atom stereocenters. The fourth-order valence-corrected chi connectivity index (χ4v) is 3.66. The zero-order chi connectivity index (χ0) is 17.8. The number of nitrogens with zero attached hydrogens (tertiary/aromatic N) is 1. The van der Waals surface area contributed by atoms with Crippen LogP contribution >= 0.6 is 0 Å². The summed E-state index contributed by atoms with van der Waals surface area (Å²) in [5, 5.41) is 3.65. The minimum absolute atomic E-state index is 0.274. The normalized spacial score (nSPS) is 20.0.